The highest BCUT2D eigenvalue weighted by atomic mass is 16.5. The molecule has 3 fully saturated rings. The smallest absolute Gasteiger partial charge is 0.306 e. The van der Waals surface area contributed by atoms with Crippen LogP contribution >= 0.6 is 0 Å². The highest BCUT2D eigenvalue weighted by Crippen LogP contribution is 2.53. The van der Waals surface area contributed by atoms with Crippen LogP contribution in [-0.4, -0.2) is 22.1 Å². The average molecular weight is 507 g/mol. The number of anilines is 1. The van der Waals surface area contributed by atoms with Gasteiger partial charge < -0.3 is 14.9 Å². The topological polar surface area (TPSA) is 92.4 Å². The van der Waals surface area contributed by atoms with Crippen molar-refractivity contribution in [3.63, 3.8) is 0 Å². The Labute approximate surface area is 220 Å². The molecule has 5 rings (SSSR count). The number of amides is 1. The van der Waals surface area contributed by atoms with Gasteiger partial charge in [-0.1, -0.05) is 36.7 Å². The molecule has 37 heavy (non-hydrogen) atoms. The number of carbonyl (C=O) groups excluding carboxylic acids is 1. The Hall–Kier alpha value is -2.63. The number of aliphatic carboxylic acids is 1. The van der Waals surface area contributed by atoms with E-state index in [1.807, 2.05) is 26.0 Å². The van der Waals surface area contributed by atoms with Gasteiger partial charge in [-0.25, -0.2) is 0 Å². The van der Waals surface area contributed by atoms with Crippen molar-refractivity contribution in [3.05, 3.63) is 46.3 Å². The summed E-state index contributed by atoms with van der Waals surface area (Å²) in [5.74, 6) is 2.80. The van der Waals surface area contributed by atoms with Crippen molar-refractivity contribution >= 4 is 17.6 Å². The summed E-state index contributed by atoms with van der Waals surface area (Å²) in [7, 11) is 0. The molecule has 0 spiro atoms. The third-order valence-electron chi connectivity index (χ3n) is 8.86. The van der Waals surface area contributed by atoms with Crippen LogP contribution in [0.5, 0.6) is 0 Å². The molecule has 1 aromatic heterocycles. The molecular weight excluding hydrogens is 464 g/mol. The van der Waals surface area contributed by atoms with Gasteiger partial charge in [0.2, 0.25) is 5.91 Å². The number of rotatable bonds is 11. The molecule has 2 aromatic rings. The van der Waals surface area contributed by atoms with E-state index in [2.05, 4.69) is 30.4 Å². The monoisotopic (exact) mass is 506 g/mol. The maximum Gasteiger partial charge on any atom is 0.306 e. The Morgan fingerprint density at radius 1 is 1.05 bits per heavy atom. The Kier molecular flexibility index (Phi) is 7.46. The second-order valence-electron chi connectivity index (χ2n) is 12.7. The Balaban J connectivity index is 1.34. The predicted molar refractivity (Wildman–Crippen MR) is 144 cm³/mol. The number of aryl methyl sites for hydroxylation is 2. The summed E-state index contributed by atoms with van der Waals surface area (Å²) in [5, 5.41) is 17.1. The summed E-state index contributed by atoms with van der Waals surface area (Å²) in [4.78, 5) is 24.7. The zero-order valence-corrected chi connectivity index (χ0v) is 22.8. The van der Waals surface area contributed by atoms with Gasteiger partial charge in [-0.05, 0) is 101 Å². The number of carboxylic acids is 1. The van der Waals surface area contributed by atoms with Crippen molar-refractivity contribution in [2.75, 3.05) is 5.32 Å². The lowest BCUT2D eigenvalue weighted by atomic mass is 9.68. The third-order valence-corrected chi connectivity index (χ3v) is 8.86. The molecule has 3 aliphatic carbocycles. The van der Waals surface area contributed by atoms with Crippen LogP contribution in [0.1, 0.15) is 118 Å². The first-order chi connectivity index (χ1) is 17.7. The highest BCUT2D eigenvalue weighted by molar-refractivity contribution is 5.92. The fourth-order valence-corrected chi connectivity index (χ4v) is 6.71. The van der Waals surface area contributed by atoms with Crippen LogP contribution in [0.15, 0.2) is 22.7 Å². The number of hydrogen-bond acceptors (Lipinski definition) is 4. The van der Waals surface area contributed by atoms with E-state index in [1.165, 1.54) is 30.4 Å². The maximum absolute atomic E-state index is 13.3. The SMILES string of the molecule is Cc1ccc(NC(=O)C[C@H](CC2CC(C(=O)O)C2)c2noc(C3CC(CC(C)C)C3)c2C2CC2)c(C)c1. The minimum Gasteiger partial charge on any atom is -0.481 e. The van der Waals surface area contributed by atoms with Gasteiger partial charge in [0.25, 0.3) is 0 Å². The molecule has 1 amide bonds. The fourth-order valence-electron chi connectivity index (χ4n) is 6.71. The average Bonchev–Trinajstić information content (AvgIpc) is 3.52. The largest absolute Gasteiger partial charge is 0.481 e. The summed E-state index contributed by atoms with van der Waals surface area (Å²) in [6.07, 6.45) is 8.44. The van der Waals surface area contributed by atoms with E-state index >= 15 is 0 Å². The molecule has 0 radical (unpaired) electrons. The predicted octanol–water partition coefficient (Wildman–Crippen LogP) is 7.32. The maximum atomic E-state index is 13.3. The molecule has 0 saturated heterocycles. The first-order valence-electron chi connectivity index (χ1n) is 14.3. The standard InChI is InChI=1S/C31H42N2O4/c1-17(2)9-20-12-24(13-20)30-28(22-6-7-22)29(33-37-30)23(11-21-14-25(15-21)31(35)36)16-27(34)32-26-8-5-18(3)10-19(26)4/h5,8,10,17,20-25H,6-7,9,11-16H2,1-4H3,(H,32,34)(H,35,36)/t20?,21?,23-,24?,25?/m0/s1. The fraction of sp³-hybridized carbons (Fsp3) is 0.645. The lowest BCUT2D eigenvalue weighted by molar-refractivity contribution is -0.146. The van der Waals surface area contributed by atoms with Crippen molar-refractivity contribution in [1.82, 2.24) is 5.16 Å². The summed E-state index contributed by atoms with van der Waals surface area (Å²) >= 11 is 0. The van der Waals surface area contributed by atoms with Gasteiger partial charge in [0.15, 0.2) is 0 Å². The molecule has 6 nitrogen and oxygen atoms in total. The highest BCUT2D eigenvalue weighted by Gasteiger charge is 2.43. The number of carboxylic acid groups (broad SMARTS) is 1. The molecule has 2 N–H and O–H groups in total. The van der Waals surface area contributed by atoms with Crippen molar-refractivity contribution < 1.29 is 19.2 Å². The molecule has 1 aromatic carbocycles. The van der Waals surface area contributed by atoms with Crippen LogP contribution in [0.3, 0.4) is 0 Å². The van der Waals surface area contributed by atoms with E-state index < -0.39 is 5.97 Å². The molecule has 1 heterocycles. The van der Waals surface area contributed by atoms with Gasteiger partial charge in [-0.2, -0.15) is 0 Å². The van der Waals surface area contributed by atoms with Crippen LogP contribution in [0, 0.1) is 37.5 Å². The van der Waals surface area contributed by atoms with Gasteiger partial charge in [-0.15, -0.1) is 0 Å². The van der Waals surface area contributed by atoms with Crippen molar-refractivity contribution in [3.8, 4) is 0 Å². The summed E-state index contributed by atoms with van der Waals surface area (Å²) < 4.78 is 6.08. The molecule has 0 aliphatic heterocycles. The zero-order valence-electron chi connectivity index (χ0n) is 22.8. The number of carbonyl (C=O) groups is 2. The number of nitrogens with one attached hydrogen (secondary N) is 1. The Morgan fingerprint density at radius 3 is 2.38 bits per heavy atom. The minimum absolute atomic E-state index is 0.0157. The van der Waals surface area contributed by atoms with Crippen molar-refractivity contribution in [2.24, 2.45) is 23.7 Å². The third kappa shape index (κ3) is 5.94. The molecule has 200 valence electrons. The second-order valence-corrected chi connectivity index (χ2v) is 12.7. The van der Waals surface area contributed by atoms with Crippen LogP contribution in [-0.2, 0) is 9.59 Å². The molecule has 1 atom stereocenters. The lowest BCUT2D eigenvalue weighted by Gasteiger charge is -2.36. The zero-order chi connectivity index (χ0) is 26.3. The molecular formula is C31H42N2O4. The molecule has 0 bridgehead atoms. The Morgan fingerprint density at radius 2 is 1.76 bits per heavy atom. The summed E-state index contributed by atoms with van der Waals surface area (Å²) in [6, 6.07) is 6.06. The van der Waals surface area contributed by atoms with Gasteiger partial charge >= 0.3 is 5.97 Å². The van der Waals surface area contributed by atoms with Crippen molar-refractivity contribution in [2.45, 2.75) is 103 Å². The number of nitrogens with zero attached hydrogens (tertiary/aromatic N) is 1. The molecule has 3 saturated carbocycles. The van der Waals surface area contributed by atoms with Crippen LogP contribution in [0.2, 0.25) is 0 Å². The minimum atomic E-state index is -0.705. The first kappa shape index (κ1) is 26.0. The van der Waals surface area contributed by atoms with Gasteiger partial charge in [0.1, 0.15) is 5.76 Å². The quantitative estimate of drug-likeness (QED) is 0.333. The van der Waals surface area contributed by atoms with E-state index in [1.54, 1.807) is 0 Å². The van der Waals surface area contributed by atoms with Crippen LogP contribution in [0.4, 0.5) is 5.69 Å². The number of aromatic nitrogens is 1. The van der Waals surface area contributed by atoms with E-state index in [9.17, 15) is 14.7 Å². The Bertz CT molecular complexity index is 1140. The number of hydrogen-bond donors (Lipinski definition) is 2. The van der Waals surface area contributed by atoms with E-state index in [0.717, 1.165) is 53.8 Å². The van der Waals surface area contributed by atoms with Crippen LogP contribution < -0.4 is 5.32 Å². The number of benzene rings is 1. The van der Waals surface area contributed by atoms with Crippen molar-refractivity contribution in [1.29, 1.82) is 0 Å². The van der Waals surface area contributed by atoms with Gasteiger partial charge in [-0.3, -0.25) is 9.59 Å². The summed E-state index contributed by atoms with van der Waals surface area (Å²) in [6.45, 7) is 8.64. The lowest BCUT2D eigenvalue weighted by Crippen LogP contribution is -2.32. The van der Waals surface area contributed by atoms with Gasteiger partial charge in [0, 0.05) is 29.5 Å². The first-order valence-corrected chi connectivity index (χ1v) is 14.3. The second kappa shape index (κ2) is 10.6. The van der Waals surface area contributed by atoms with E-state index in [0.29, 0.717) is 37.0 Å². The van der Waals surface area contributed by atoms with Crippen LogP contribution in [0.25, 0.3) is 0 Å². The molecule has 3 aliphatic rings. The summed E-state index contributed by atoms with van der Waals surface area (Å²) in [5.41, 5.74) is 5.32. The van der Waals surface area contributed by atoms with E-state index in [4.69, 9.17) is 4.52 Å². The van der Waals surface area contributed by atoms with Gasteiger partial charge in [0.05, 0.1) is 11.6 Å². The normalized spacial score (nSPS) is 25.9. The molecule has 0 unspecified atom stereocenters. The van der Waals surface area contributed by atoms with E-state index in [-0.39, 0.29) is 17.7 Å². The molecule has 6 heteroatoms.